The van der Waals surface area contributed by atoms with Gasteiger partial charge in [-0.1, -0.05) is 17.7 Å². The first-order chi connectivity index (χ1) is 9.29. The van der Waals surface area contributed by atoms with E-state index < -0.39 is 15.7 Å². The Hall–Kier alpha value is -1.79. The molecule has 106 valence electrons. The van der Waals surface area contributed by atoms with Gasteiger partial charge in [-0.2, -0.15) is 0 Å². The summed E-state index contributed by atoms with van der Waals surface area (Å²) in [6, 6.07) is 8.75. The molecule has 0 aromatic heterocycles. The highest BCUT2D eigenvalue weighted by Crippen LogP contribution is 2.30. The monoisotopic (exact) mass is 314 g/mol. The van der Waals surface area contributed by atoms with Gasteiger partial charge < -0.3 is 11.1 Å². The second-order valence-electron chi connectivity index (χ2n) is 4.24. The molecule has 2 rings (SSSR count). The fourth-order valence-electron chi connectivity index (χ4n) is 1.71. The van der Waals surface area contributed by atoms with E-state index in [4.69, 9.17) is 17.3 Å². The highest BCUT2D eigenvalue weighted by molar-refractivity contribution is 7.90. The molecule has 0 heterocycles. The third-order valence-electron chi connectivity index (χ3n) is 2.66. The topological polar surface area (TPSA) is 72.2 Å². The molecule has 0 atom stereocenters. The summed E-state index contributed by atoms with van der Waals surface area (Å²) in [5, 5.41) is 2.87. The van der Waals surface area contributed by atoms with Gasteiger partial charge in [0, 0.05) is 11.9 Å². The number of benzene rings is 2. The van der Waals surface area contributed by atoms with Gasteiger partial charge in [-0.15, -0.1) is 0 Å². The summed E-state index contributed by atoms with van der Waals surface area (Å²) in [7, 11) is -3.42. The summed E-state index contributed by atoms with van der Waals surface area (Å²) >= 11 is 5.59. The molecule has 3 N–H and O–H groups in total. The van der Waals surface area contributed by atoms with E-state index in [1.165, 1.54) is 18.2 Å². The molecule has 0 saturated carbocycles. The Kier molecular flexibility index (Phi) is 3.87. The number of para-hydroxylation sites is 1. The standard InChI is InChI=1S/C13H12ClFN2O2S/c1-20(18,19)12-4-2-3-11(13(12)16)17-8-5-6-9(14)10(15)7-8/h2-7,17H,16H2,1H3. The average molecular weight is 315 g/mol. The van der Waals surface area contributed by atoms with Crippen LogP contribution in [0.1, 0.15) is 0 Å². The normalized spacial score (nSPS) is 11.3. The molecule has 0 aliphatic heterocycles. The number of halogens is 2. The zero-order chi connectivity index (χ0) is 14.9. The third-order valence-corrected chi connectivity index (χ3v) is 4.13. The molecule has 20 heavy (non-hydrogen) atoms. The Labute approximate surface area is 121 Å². The quantitative estimate of drug-likeness (QED) is 0.853. The number of anilines is 3. The number of nitrogens with one attached hydrogen (secondary N) is 1. The van der Waals surface area contributed by atoms with Crippen LogP contribution in [0, 0.1) is 5.82 Å². The van der Waals surface area contributed by atoms with Crippen molar-refractivity contribution in [2.75, 3.05) is 17.3 Å². The Bertz CT molecular complexity index is 763. The van der Waals surface area contributed by atoms with Crippen molar-refractivity contribution in [3.05, 3.63) is 47.2 Å². The smallest absolute Gasteiger partial charge is 0.177 e. The minimum absolute atomic E-state index is 0.00779. The number of hydrogen-bond acceptors (Lipinski definition) is 4. The van der Waals surface area contributed by atoms with Gasteiger partial charge in [0.05, 0.1) is 21.3 Å². The van der Waals surface area contributed by atoms with Gasteiger partial charge in [0.25, 0.3) is 0 Å². The number of sulfone groups is 1. The molecule has 0 spiro atoms. The van der Waals surface area contributed by atoms with E-state index in [0.29, 0.717) is 11.4 Å². The molecule has 0 bridgehead atoms. The first-order valence-electron chi connectivity index (χ1n) is 5.59. The number of nitrogens with two attached hydrogens (primary N) is 1. The molecule has 7 heteroatoms. The van der Waals surface area contributed by atoms with Crippen LogP contribution in [0.2, 0.25) is 5.02 Å². The highest BCUT2D eigenvalue weighted by atomic mass is 35.5. The minimum atomic E-state index is -3.42. The third kappa shape index (κ3) is 3.02. The van der Waals surface area contributed by atoms with E-state index in [1.807, 2.05) is 0 Å². The Morgan fingerprint density at radius 2 is 1.95 bits per heavy atom. The van der Waals surface area contributed by atoms with E-state index in [2.05, 4.69) is 5.32 Å². The van der Waals surface area contributed by atoms with Crippen molar-refractivity contribution in [2.45, 2.75) is 4.90 Å². The van der Waals surface area contributed by atoms with Crippen LogP contribution in [0.4, 0.5) is 21.5 Å². The second kappa shape index (κ2) is 5.30. The lowest BCUT2D eigenvalue weighted by atomic mass is 10.2. The summed E-state index contributed by atoms with van der Waals surface area (Å²) in [5.41, 5.74) is 6.72. The van der Waals surface area contributed by atoms with Crippen molar-refractivity contribution in [1.29, 1.82) is 0 Å². The van der Waals surface area contributed by atoms with Gasteiger partial charge >= 0.3 is 0 Å². The molecule has 0 saturated heterocycles. The van der Waals surface area contributed by atoms with Crippen LogP contribution in [-0.4, -0.2) is 14.7 Å². The molecule has 0 aliphatic rings. The van der Waals surface area contributed by atoms with Crippen LogP contribution in [-0.2, 0) is 9.84 Å². The van der Waals surface area contributed by atoms with E-state index in [9.17, 15) is 12.8 Å². The van der Waals surface area contributed by atoms with Crippen LogP contribution in [0.15, 0.2) is 41.3 Å². The molecular weight excluding hydrogens is 303 g/mol. The van der Waals surface area contributed by atoms with Gasteiger partial charge in [0.2, 0.25) is 0 Å². The van der Waals surface area contributed by atoms with Crippen molar-refractivity contribution in [3.8, 4) is 0 Å². The van der Waals surface area contributed by atoms with Crippen molar-refractivity contribution in [2.24, 2.45) is 0 Å². The van der Waals surface area contributed by atoms with E-state index in [1.54, 1.807) is 18.2 Å². The number of hydrogen-bond donors (Lipinski definition) is 2. The fourth-order valence-corrected chi connectivity index (χ4v) is 2.66. The number of nitrogen functional groups attached to an aromatic ring is 1. The Morgan fingerprint density at radius 1 is 1.25 bits per heavy atom. The predicted octanol–water partition coefficient (Wildman–Crippen LogP) is 3.21. The summed E-state index contributed by atoms with van der Waals surface area (Å²) in [4.78, 5) is 0.0249. The lowest BCUT2D eigenvalue weighted by Crippen LogP contribution is -2.05. The maximum Gasteiger partial charge on any atom is 0.177 e. The lowest BCUT2D eigenvalue weighted by molar-refractivity contribution is 0.602. The SMILES string of the molecule is CS(=O)(=O)c1cccc(Nc2ccc(Cl)c(F)c2)c1N. The minimum Gasteiger partial charge on any atom is -0.396 e. The zero-order valence-electron chi connectivity index (χ0n) is 10.5. The molecule has 2 aromatic rings. The van der Waals surface area contributed by atoms with Crippen molar-refractivity contribution in [3.63, 3.8) is 0 Å². The Balaban J connectivity index is 2.42. The molecule has 0 amide bonds. The molecule has 0 radical (unpaired) electrons. The molecule has 0 aliphatic carbocycles. The van der Waals surface area contributed by atoms with Gasteiger partial charge in [-0.05, 0) is 30.3 Å². The number of rotatable bonds is 3. The van der Waals surface area contributed by atoms with Crippen molar-refractivity contribution < 1.29 is 12.8 Å². The van der Waals surface area contributed by atoms with Crippen LogP contribution < -0.4 is 11.1 Å². The molecular formula is C13H12ClFN2O2S. The summed E-state index contributed by atoms with van der Waals surface area (Å²) in [5.74, 6) is -0.575. The largest absolute Gasteiger partial charge is 0.396 e. The molecule has 4 nitrogen and oxygen atoms in total. The average Bonchev–Trinajstić information content (AvgIpc) is 2.35. The van der Waals surface area contributed by atoms with Crippen LogP contribution >= 0.6 is 11.6 Å². The first kappa shape index (κ1) is 14.6. The van der Waals surface area contributed by atoms with Gasteiger partial charge in [0.1, 0.15) is 5.82 Å². The molecule has 0 unspecified atom stereocenters. The summed E-state index contributed by atoms with van der Waals surface area (Å²) in [6.45, 7) is 0. The summed E-state index contributed by atoms with van der Waals surface area (Å²) < 4.78 is 36.5. The van der Waals surface area contributed by atoms with Crippen LogP contribution in [0.25, 0.3) is 0 Å². The van der Waals surface area contributed by atoms with E-state index >= 15 is 0 Å². The zero-order valence-corrected chi connectivity index (χ0v) is 12.1. The van der Waals surface area contributed by atoms with E-state index in [0.717, 1.165) is 6.26 Å². The van der Waals surface area contributed by atoms with Crippen molar-refractivity contribution in [1.82, 2.24) is 0 Å². The first-order valence-corrected chi connectivity index (χ1v) is 7.86. The van der Waals surface area contributed by atoms with Crippen LogP contribution in [0.5, 0.6) is 0 Å². The Morgan fingerprint density at radius 3 is 2.55 bits per heavy atom. The maximum absolute atomic E-state index is 13.4. The molecule has 0 fully saturated rings. The summed E-state index contributed by atoms with van der Waals surface area (Å²) in [6.07, 6.45) is 1.07. The highest BCUT2D eigenvalue weighted by Gasteiger charge is 2.14. The van der Waals surface area contributed by atoms with Crippen molar-refractivity contribution >= 4 is 38.5 Å². The van der Waals surface area contributed by atoms with Gasteiger partial charge in [-0.25, -0.2) is 12.8 Å². The second-order valence-corrected chi connectivity index (χ2v) is 6.63. The maximum atomic E-state index is 13.4. The predicted molar refractivity (Wildman–Crippen MR) is 78.7 cm³/mol. The van der Waals surface area contributed by atoms with Gasteiger partial charge in [0.15, 0.2) is 9.84 Å². The van der Waals surface area contributed by atoms with Gasteiger partial charge in [-0.3, -0.25) is 0 Å². The van der Waals surface area contributed by atoms with E-state index in [-0.39, 0.29) is 15.6 Å². The fraction of sp³-hybridized carbons (Fsp3) is 0.0769. The van der Waals surface area contributed by atoms with Crippen LogP contribution in [0.3, 0.4) is 0 Å². The molecule has 2 aromatic carbocycles. The lowest BCUT2D eigenvalue weighted by Gasteiger charge is -2.12.